The Labute approximate surface area is 177 Å². The van der Waals surface area contributed by atoms with Crippen LogP contribution in [0.4, 0.5) is 0 Å². The maximum absolute atomic E-state index is 11.2. The number of rotatable bonds is 4. The highest BCUT2D eigenvalue weighted by Crippen LogP contribution is 2.42. The van der Waals surface area contributed by atoms with E-state index in [1.165, 1.54) is 6.42 Å². The van der Waals surface area contributed by atoms with Crippen molar-refractivity contribution in [3.05, 3.63) is 48.7 Å². The van der Waals surface area contributed by atoms with E-state index in [9.17, 15) is 5.11 Å². The molecule has 0 spiro atoms. The minimum Gasteiger partial charge on any atom is -0.497 e. The summed E-state index contributed by atoms with van der Waals surface area (Å²) in [4.78, 5) is 6.86. The Hall–Kier alpha value is -1.70. The zero-order chi connectivity index (χ0) is 19.4. The Morgan fingerprint density at radius 2 is 2.10 bits per heavy atom. The molecule has 29 heavy (non-hydrogen) atoms. The van der Waals surface area contributed by atoms with Crippen molar-refractivity contribution < 1.29 is 20.8 Å². The van der Waals surface area contributed by atoms with Crippen LogP contribution in [0, 0.1) is 11.8 Å². The van der Waals surface area contributed by atoms with Crippen LogP contribution in [0.1, 0.15) is 31.4 Å². The number of halogens is 1. The number of aromatic nitrogens is 1. The van der Waals surface area contributed by atoms with E-state index in [0.29, 0.717) is 11.8 Å². The molecule has 1 aromatic carbocycles. The molecule has 3 aliphatic rings. The van der Waals surface area contributed by atoms with Crippen LogP contribution < -0.4 is 4.74 Å². The first-order valence-corrected chi connectivity index (χ1v) is 10.2. The van der Waals surface area contributed by atoms with E-state index < -0.39 is 6.10 Å². The lowest BCUT2D eigenvalue weighted by molar-refractivity contribution is -0.0444. The SMILES string of the molecule is C=C[C@H]1CN2CC[C@H]1C[C@H]2[C@H](O)c1ccnc2ccc(OC)cc12.CCCl.O.O. The minimum absolute atomic E-state index is 0. The number of aliphatic hydroxyl groups excluding tert-OH is 1. The van der Waals surface area contributed by atoms with Gasteiger partial charge in [0.1, 0.15) is 5.75 Å². The normalized spacial score (nSPS) is 25.7. The van der Waals surface area contributed by atoms with E-state index in [4.69, 9.17) is 16.3 Å². The van der Waals surface area contributed by atoms with E-state index >= 15 is 0 Å². The molecule has 5 rings (SSSR count). The first kappa shape index (κ1) is 25.3. The van der Waals surface area contributed by atoms with Gasteiger partial charge in [0.2, 0.25) is 0 Å². The molecule has 3 saturated heterocycles. The largest absolute Gasteiger partial charge is 0.497 e. The lowest BCUT2D eigenvalue weighted by Gasteiger charge is -2.50. The molecule has 0 radical (unpaired) electrons. The number of hydrogen-bond acceptors (Lipinski definition) is 4. The van der Waals surface area contributed by atoms with Crippen molar-refractivity contribution in [2.45, 2.75) is 31.9 Å². The topological polar surface area (TPSA) is 109 Å². The number of methoxy groups -OCH3 is 1. The van der Waals surface area contributed by atoms with Gasteiger partial charge in [-0.1, -0.05) is 13.0 Å². The maximum atomic E-state index is 11.2. The summed E-state index contributed by atoms with van der Waals surface area (Å²) in [5.74, 6) is 2.73. The van der Waals surface area contributed by atoms with Crippen molar-refractivity contribution in [1.82, 2.24) is 9.88 Å². The summed E-state index contributed by atoms with van der Waals surface area (Å²) in [5, 5.41) is 12.1. The molecule has 5 N–H and O–H groups in total. The fourth-order valence-electron chi connectivity index (χ4n) is 4.44. The molecule has 3 aliphatic heterocycles. The Bertz CT molecular complexity index is 788. The Morgan fingerprint density at radius 1 is 1.38 bits per heavy atom. The average Bonchev–Trinajstić information content (AvgIpc) is 2.73. The van der Waals surface area contributed by atoms with Crippen LogP contribution in [-0.2, 0) is 0 Å². The van der Waals surface area contributed by atoms with Crippen LogP contribution >= 0.6 is 11.6 Å². The third-order valence-corrected chi connectivity index (χ3v) is 5.82. The Balaban J connectivity index is 0.000000794. The van der Waals surface area contributed by atoms with Crippen LogP contribution in [-0.4, -0.2) is 58.1 Å². The average molecular weight is 425 g/mol. The molecule has 0 saturated carbocycles. The first-order valence-electron chi connectivity index (χ1n) is 9.66. The molecular weight excluding hydrogens is 392 g/mol. The van der Waals surface area contributed by atoms with Gasteiger partial charge in [-0.2, -0.15) is 0 Å². The van der Waals surface area contributed by atoms with Gasteiger partial charge in [0.25, 0.3) is 0 Å². The van der Waals surface area contributed by atoms with Gasteiger partial charge in [-0.25, -0.2) is 0 Å². The second kappa shape index (κ2) is 11.5. The van der Waals surface area contributed by atoms with Crippen LogP contribution in [0.25, 0.3) is 10.9 Å². The Morgan fingerprint density at radius 3 is 2.69 bits per heavy atom. The molecule has 5 atom stereocenters. The van der Waals surface area contributed by atoms with Gasteiger partial charge in [-0.3, -0.25) is 9.88 Å². The third-order valence-electron chi connectivity index (χ3n) is 5.82. The predicted octanol–water partition coefficient (Wildman–Crippen LogP) is 2.77. The molecule has 1 aromatic heterocycles. The minimum atomic E-state index is -0.504. The second-order valence-corrected chi connectivity index (χ2v) is 7.78. The smallest absolute Gasteiger partial charge is 0.119 e. The molecule has 6 nitrogen and oxygen atoms in total. The molecule has 1 unspecified atom stereocenters. The van der Waals surface area contributed by atoms with Crippen LogP contribution in [0.3, 0.4) is 0 Å². The Kier molecular flexibility index (Phi) is 10.0. The second-order valence-electron chi connectivity index (χ2n) is 7.24. The van der Waals surface area contributed by atoms with E-state index in [1.54, 1.807) is 13.3 Å². The van der Waals surface area contributed by atoms with Crippen molar-refractivity contribution in [2.24, 2.45) is 11.8 Å². The number of fused-ring (bicyclic) bond motifs is 4. The quantitative estimate of drug-likeness (QED) is 0.601. The number of aliphatic hydroxyl groups is 1. The highest BCUT2D eigenvalue weighted by molar-refractivity contribution is 6.17. The van der Waals surface area contributed by atoms with Crippen molar-refractivity contribution in [3.63, 3.8) is 0 Å². The molecule has 4 heterocycles. The summed E-state index contributed by atoms with van der Waals surface area (Å²) in [6, 6.07) is 7.96. The highest BCUT2D eigenvalue weighted by Gasteiger charge is 2.42. The van der Waals surface area contributed by atoms with Crippen molar-refractivity contribution in [3.8, 4) is 5.75 Å². The molecule has 7 heteroatoms. The fraction of sp³-hybridized carbons (Fsp3) is 0.500. The number of hydrogen-bond donors (Lipinski definition) is 1. The fourth-order valence-corrected chi connectivity index (χ4v) is 4.44. The van der Waals surface area contributed by atoms with E-state index in [1.807, 2.05) is 31.2 Å². The summed E-state index contributed by atoms with van der Waals surface area (Å²) in [7, 11) is 1.66. The number of piperidine rings is 3. The molecule has 3 fully saturated rings. The van der Waals surface area contributed by atoms with Gasteiger partial charge in [-0.05, 0) is 61.1 Å². The lowest BCUT2D eigenvalue weighted by atomic mass is 9.73. The number of alkyl halides is 1. The molecule has 2 aromatic rings. The van der Waals surface area contributed by atoms with Gasteiger partial charge in [0.15, 0.2) is 0 Å². The van der Waals surface area contributed by atoms with E-state index in [-0.39, 0.29) is 17.0 Å². The maximum Gasteiger partial charge on any atom is 0.119 e. The van der Waals surface area contributed by atoms with E-state index in [0.717, 1.165) is 47.6 Å². The third kappa shape index (κ3) is 5.27. The number of benzene rings is 1. The summed E-state index contributed by atoms with van der Waals surface area (Å²) in [6.07, 6.45) is 5.62. The molecule has 2 bridgehead atoms. The molecular formula is C22H33ClN2O4. The van der Waals surface area contributed by atoms with Crippen LogP contribution in [0.15, 0.2) is 43.1 Å². The number of nitrogens with zero attached hydrogens (tertiary/aromatic N) is 2. The first-order chi connectivity index (χ1) is 13.1. The monoisotopic (exact) mass is 424 g/mol. The van der Waals surface area contributed by atoms with Crippen molar-refractivity contribution >= 4 is 22.5 Å². The predicted molar refractivity (Wildman–Crippen MR) is 119 cm³/mol. The molecule has 0 aliphatic carbocycles. The molecule has 162 valence electrons. The van der Waals surface area contributed by atoms with Gasteiger partial charge in [0.05, 0.1) is 18.7 Å². The summed E-state index contributed by atoms with van der Waals surface area (Å²) in [5.41, 5.74) is 1.85. The van der Waals surface area contributed by atoms with Crippen molar-refractivity contribution in [2.75, 3.05) is 26.1 Å². The van der Waals surface area contributed by atoms with E-state index in [2.05, 4.69) is 22.5 Å². The van der Waals surface area contributed by atoms with Crippen LogP contribution in [0.5, 0.6) is 5.75 Å². The number of ether oxygens (including phenoxy) is 1. The summed E-state index contributed by atoms with van der Waals surface area (Å²) >= 11 is 5.00. The zero-order valence-electron chi connectivity index (χ0n) is 17.1. The van der Waals surface area contributed by atoms with Crippen LogP contribution in [0.2, 0.25) is 0 Å². The highest BCUT2D eigenvalue weighted by atomic mass is 35.5. The number of pyridine rings is 1. The van der Waals surface area contributed by atoms with Gasteiger partial charge in [0, 0.05) is 30.0 Å². The van der Waals surface area contributed by atoms with Crippen molar-refractivity contribution in [1.29, 1.82) is 0 Å². The zero-order valence-corrected chi connectivity index (χ0v) is 17.9. The molecule has 0 amide bonds. The lowest BCUT2D eigenvalue weighted by Crippen LogP contribution is -2.54. The van der Waals surface area contributed by atoms with Gasteiger partial charge < -0.3 is 20.8 Å². The summed E-state index contributed by atoms with van der Waals surface area (Å²) in [6.45, 7) is 7.96. The van der Waals surface area contributed by atoms with Gasteiger partial charge >= 0.3 is 0 Å². The van der Waals surface area contributed by atoms with Gasteiger partial charge in [-0.15, -0.1) is 18.2 Å². The summed E-state index contributed by atoms with van der Waals surface area (Å²) < 4.78 is 5.35. The standard InChI is InChI=1S/C20H24N2O2.C2H5Cl.2H2O/c1-3-13-12-22-9-7-14(13)10-19(22)20(23)16-6-8-21-18-5-4-15(24-2)11-17(16)18;1-2-3;;/h3-6,8,11,13-14,19-20,23H,1,7,9-10,12H2,2H3;2H2,1H3;2*1H2/t13-,14-,19-,20+;;;/m0.../s1.